The van der Waals surface area contributed by atoms with Gasteiger partial charge in [0.1, 0.15) is 6.08 Å². The Labute approximate surface area is 65.7 Å². The predicted molar refractivity (Wildman–Crippen MR) is 33.0 cm³/mol. The Balaban J connectivity index is 3.36. The first-order valence-corrected chi connectivity index (χ1v) is 2.76. The van der Waals surface area contributed by atoms with Crippen LogP contribution in [0.4, 0.5) is 0 Å². The van der Waals surface area contributed by atoms with Crippen LogP contribution in [0.1, 0.15) is 0 Å². The second kappa shape index (κ2) is 2.47. The number of ketones is 3. The Hall–Kier alpha value is -2.16. The maximum atomic E-state index is 10.7. The van der Waals surface area contributed by atoms with E-state index in [4.69, 9.17) is 10.6 Å². The Morgan fingerprint density at radius 3 is 2.33 bits per heavy atom. The molecule has 0 saturated heterocycles. The van der Waals surface area contributed by atoms with E-state index in [-0.39, 0.29) is 0 Å². The van der Waals surface area contributed by atoms with Crippen molar-refractivity contribution in [3.05, 3.63) is 17.4 Å². The highest BCUT2D eigenvalue weighted by Gasteiger charge is 2.53. The van der Waals surface area contributed by atoms with Crippen LogP contribution in [-0.4, -0.2) is 33.0 Å². The normalized spacial score (nSPS) is 16.8. The molecule has 1 aliphatic rings. The maximum absolute atomic E-state index is 10.7. The lowest BCUT2D eigenvalue weighted by molar-refractivity contribution is -0.135. The van der Waals surface area contributed by atoms with Gasteiger partial charge in [-0.2, -0.15) is 9.59 Å². The van der Waals surface area contributed by atoms with E-state index in [2.05, 4.69) is 4.79 Å². The molecule has 58 valence electrons. The number of rotatable bonds is 0. The number of hydrogen-bond acceptors (Lipinski definition) is 4. The Morgan fingerprint density at radius 1 is 1.25 bits per heavy atom. The molecular weight excluding hydrogens is 164 g/mol. The average Bonchev–Trinajstić information content (AvgIpc) is 2.02. The van der Waals surface area contributed by atoms with E-state index in [0.29, 0.717) is 0 Å². The molecular formula is C6HN2O4+. The van der Waals surface area contributed by atoms with Gasteiger partial charge < -0.3 is 10.6 Å². The van der Waals surface area contributed by atoms with Crippen molar-refractivity contribution in [1.82, 2.24) is 0 Å². The highest BCUT2D eigenvalue weighted by molar-refractivity contribution is 6.82. The van der Waals surface area contributed by atoms with Crippen LogP contribution in [0.25, 0.3) is 5.53 Å². The molecule has 12 heavy (non-hydrogen) atoms. The Bertz CT molecular complexity index is 373. The van der Waals surface area contributed by atoms with Gasteiger partial charge in [0.05, 0.1) is 0 Å². The van der Waals surface area contributed by atoms with Gasteiger partial charge in [-0.15, -0.1) is 4.79 Å². The van der Waals surface area contributed by atoms with Gasteiger partial charge >= 0.3 is 28.8 Å². The summed E-state index contributed by atoms with van der Waals surface area (Å²) in [7, 11) is 0. The van der Waals surface area contributed by atoms with Crippen molar-refractivity contribution >= 4 is 23.1 Å². The molecule has 0 heterocycles. The Kier molecular flexibility index (Phi) is 1.63. The third-order valence-electron chi connectivity index (χ3n) is 1.18. The summed E-state index contributed by atoms with van der Waals surface area (Å²) in [4.78, 5) is 34.2. The summed E-state index contributed by atoms with van der Waals surface area (Å²) in [6, 6.07) is 0. The van der Waals surface area contributed by atoms with Crippen LogP contribution in [0.3, 0.4) is 0 Å². The molecule has 0 amide bonds. The van der Waals surface area contributed by atoms with E-state index in [9.17, 15) is 14.4 Å². The lowest BCUT2D eigenvalue weighted by Gasteiger charge is -1.86. The van der Waals surface area contributed by atoms with Crippen LogP contribution in [0.2, 0.25) is 0 Å². The SMILES string of the molecule is [N-]=[N+]=C1C(=O)C(=O)[C+]=C(O)C1=O. The van der Waals surface area contributed by atoms with Crippen LogP contribution in [0.5, 0.6) is 0 Å². The van der Waals surface area contributed by atoms with Crippen LogP contribution >= 0.6 is 0 Å². The summed E-state index contributed by atoms with van der Waals surface area (Å²) in [5.74, 6) is -4.71. The zero-order valence-corrected chi connectivity index (χ0v) is 5.57. The fraction of sp³-hybridized carbons (Fsp3) is 0. The average molecular weight is 165 g/mol. The summed E-state index contributed by atoms with van der Waals surface area (Å²) in [6.07, 6.45) is 1.59. The lowest BCUT2D eigenvalue weighted by atomic mass is 10.0. The minimum absolute atomic E-state index is 0.990. The molecule has 0 unspecified atom stereocenters. The smallest absolute Gasteiger partial charge is 0.478 e. The number of hydrogen-bond donors (Lipinski definition) is 1. The van der Waals surface area contributed by atoms with Crippen molar-refractivity contribution in [2.24, 2.45) is 0 Å². The summed E-state index contributed by atoms with van der Waals surface area (Å²) in [5.41, 5.74) is 7.12. The first-order valence-electron chi connectivity index (χ1n) is 2.76. The minimum Gasteiger partial charge on any atom is -0.478 e. The monoisotopic (exact) mass is 165 g/mol. The fourth-order valence-corrected chi connectivity index (χ4v) is 0.635. The van der Waals surface area contributed by atoms with E-state index >= 15 is 0 Å². The van der Waals surface area contributed by atoms with Crippen LogP contribution in [0.15, 0.2) is 5.76 Å². The number of carbonyl (C=O) groups is 3. The van der Waals surface area contributed by atoms with Crippen molar-refractivity contribution < 1.29 is 24.3 Å². The maximum Gasteiger partial charge on any atom is 0.523 e. The third-order valence-corrected chi connectivity index (χ3v) is 1.18. The number of carbonyl (C=O) groups excluding carboxylic acids is 3. The van der Waals surface area contributed by atoms with Crippen molar-refractivity contribution in [3.8, 4) is 0 Å². The third kappa shape index (κ3) is 0.932. The van der Waals surface area contributed by atoms with E-state index in [1.54, 1.807) is 6.08 Å². The van der Waals surface area contributed by atoms with E-state index in [0.717, 1.165) is 0 Å². The van der Waals surface area contributed by atoms with Crippen LogP contribution < -0.4 is 0 Å². The fourth-order valence-electron chi connectivity index (χ4n) is 0.635. The van der Waals surface area contributed by atoms with Crippen molar-refractivity contribution in [1.29, 1.82) is 0 Å². The molecule has 1 aliphatic carbocycles. The van der Waals surface area contributed by atoms with Gasteiger partial charge in [-0.3, -0.25) is 0 Å². The molecule has 0 radical (unpaired) electrons. The summed E-state index contributed by atoms with van der Waals surface area (Å²) in [5, 5.41) is 8.66. The van der Waals surface area contributed by atoms with E-state index < -0.39 is 28.8 Å². The topological polar surface area (TPSA) is 108 Å². The van der Waals surface area contributed by atoms with E-state index in [1.165, 1.54) is 0 Å². The molecule has 1 N–H and O–H groups in total. The number of aliphatic hydroxyl groups is 1. The van der Waals surface area contributed by atoms with Crippen molar-refractivity contribution in [2.75, 3.05) is 0 Å². The molecule has 6 heteroatoms. The number of Topliss-reactive ketones (excluding diaryl/α,β-unsaturated/α-hetero) is 3. The first-order chi connectivity index (χ1) is 5.57. The number of aliphatic hydroxyl groups excluding tert-OH is 1. The van der Waals surface area contributed by atoms with Crippen LogP contribution in [0, 0.1) is 6.08 Å². The standard InChI is InChI=1S/C6N2O4/c7-8-4-5(11)2(9)1-3(10)6(4)12/p+1. The highest BCUT2D eigenvalue weighted by atomic mass is 16.3. The van der Waals surface area contributed by atoms with Gasteiger partial charge in [0.15, 0.2) is 0 Å². The van der Waals surface area contributed by atoms with Gasteiger partial charge in [0, 0.05) is 0 Å². The van der Waals surface area contributed by atoms with Crippen molar-refractivity contribution in [2.45, 2.75) is 0 Å². The molecule has 0 atom stereocenters. The van der Waals surface area contributed by atoms with Crippen molar-refractivity contribution in [3.63, 3.8) is 0 Å². The summed E-state index contributed by atoms with van der Waals surface area (Å²) in [6.45, 7) is 0. The zero-order valence-electron chi connectivity index (χ0n) is 5.57. The van der Waals surface area contributed by atoms with Crippen LogP contribution in [-0.2, 0) is 14.4 Å². The molecule has 0 aromatic carbocycles. The molecule has 0 aromatic rings. The molecule has 0 fully saturated rings. The minimum atomic E-state index is -1.28. The second-order valence-corrected chi connectivity index (χ2v) is 1.91. The molecule has 0 aliphatic heterocycles. The number of allylic oxidation sites excluding steroid dienone is 2. The summed E-state index contributed by atoms with van der Waals surface area (Å²) >= 11 is 0. The van der Waals surface area contributed by atoms with Gasteiger partial charge in [-0.25, -0.2) is 4.79 Å². The molecule has 6 nitrogen and oxygen atoms in total. The second-order valence-electron chi connectivity index (χ2n) is 1.91. The molecule has 1 rings (SSSR count). The first kappa shape index (κ1) is 7.94. The highest BCUT2D eigenvalue weighted by Crippen LogP contribution is 2.01. The summed E-state index contributed by atoms with van der Waals surface area (Å²) < 4.78 is 0. The largest absolute Gasteiger partial charge is 0.523 e. The van der Waals surface area contributed by atoms with Gasteiger partial charge in [-0.05, 0) is 0 Å². The van der Waals surface area contributed by atoms with E-state index in [1.807, 2.05) is 0 Å². The predicted octanol–water partition coefficient (Wildman–Crippen LogP) is -1.38. The quantitative estimate of drug-likeness (QED) is 0.206. The van der Waals surface area contributed by atoms with Gasteiger partial charge in [0.25, 0.3) is 0 Å². The Morgan fingerprint density at radius 2 is 1.83 bits per heavy atom. The number of nitrogens with zero attached hydrogens (tertiary/aromatic N) is 2. The molecule has 0 spiro atoms. The zero-order chi connectivity index (χ0) is 9.30. The lowest BCUT2D eigenvalue weighted by Crippen LogP contribution is -2.36. The van der Waals surface area contributed by atoms with Gasteiger partial charge in [0.2, 0.25) is 0 Å². The molecule has 0 bridgehead atoms. The molecule has 0 aromatic heterocycles. The van der Waals surface area contributed by atoms with Gasteiger partial charge in [-0.1, -0.05) is 0 Å². The molecule has 0 saturated carbocycles.